The van der Waals surface area contributed by atoms with Crippen LogP contribution in [0.2, 0.25) is 5.02 Å². The molecule has 0 heterocycles. The van der Waals surface area contributed by atoms with Gasteiger partial charge in [0.05, 0.1) is 11.9 Å². The van der Waals surface area contributed by atoms with E-state index in [2.05, 4.69) is 11.4 Å². The maximum Gasteiger partial charge on any atom is 0.232 e. The summed E-state index contributed by atoms with van der Waals surface area (Å²) in [6.07, 6.45) is 4.32. The summed E-state index contributed by atoms with van der Waals surface area (Å²) in [4.78, 5) is 0. The van der Waals surface area contributed by atoms with E-state index in [0.29, 0.717) is 18.3 Å². The average Bonchev–Trinajstić information content (AvgIpc) is 2.60. The molecule has 3 rings (SSSR count). The van der Waals surface area contributed by atoms with Crippen LogP contribution in [0.3, 0.4) is 0 Å². The molecule has 152 valence electrons. The number of ether oxygens (including phenoxy) is 1. The number of rotatable bonds is 9. The molecule has 2 aromatic carbocycles. The monoisotopic (exact) mass is 422 g/mol. The molecule has 28 heavy (non-hydrogen) atoms. The fourth-order valence-corrected chi connectivity index (χ4v) is 4.62. The molecule has 0 atom stereocenters. The lowest BCUT2D eigenvalue weighted by atomic mass is 9.89. The molecule has 1 N–H and O–H groups in total. The molecule has 1 saturated carbocycles. The maximum absolute atomic E-state index is 11.8. The van der Waals surface area contributed by atoms with Crippen molar-refractivity contribution in [3.8, 4) is 5.75 Å². The van der Waals surface area contributed by atoms with Crippen molar-refractivity contribution < 1.29 is 13.2 Å². The SMILES string of the molecule is CCN(c1ccc(OC2CC(NCCc3cccc(Cl)c3)C2)cc1)S(C)(=O)=O. The first-order valence-corrected chi connectivity index (χ1v) is 11.8. The lowest BCUT2D eigenvalue weighted by Crippen LogP contribution is -2.47. The molecule has 0 radical (unpaired) electrons. The van der Waals surface area contributed by atoms with Gasteiger partial charge >= 0.3 is 0 Å². The van der Waals surface area contributed by atoms with Crippen LogP contribution < -0.4 is 14.4 Å². The van der Waals surface area contributed by atoms with Crippen LogP contribution in [0.5, 0.6) is 5.75 Å². The number of anilines is 1. The van der Waals surface area contributed by atoms with Crippen molar-refractivity contribution in [2.24, 2.45) is 0 Å². The topological polar surface area (TPSA) is 58.6 Å². The Bertz CT molecular complexity index is 881. The predicted octanol–water partition coefficient (Wildman–Crippen LogP) is 3.87. The van der Waals surface area contributed by atoms with Crippen LogP contribution in [0.1, 0.15) is 25.3 Å². The van der Waals surface area contributed by atoms with Gasteiger partial charge in [-0.2, -0.15) is 0 Å². The maximum atomic E-state index is 11.8. The van der Waals surface area contributed by atoms with Crippen molar-refractivity contribution in [1.82, 2.24) is 5.32 Å². The van der Waals surface area contributed by atoms with Crippen molar-refractivity contribution in [2.45, 2.75) is 38.3 Å². The molecular weight excluding hydrogens is 396 g/mol. The molecule has 1 aliphatic rings. The number of nitrogens with zero attached hydrogens (tertiary/aromatic N) is 1. The Kier molecular flexibility index (Phi) is 6.86. The first-order chi connectivity index (χ1) is 13.3. The van der Waals surface area contributed by atoms with Crippen LogP contribution in [0, 0.1) is 0 Å². The Balaban J connectivity index is 1.41. The molecule has 0 aliphatic heterocycles. The minimum atomic E-state index is -3.26. The summed E-state index contributed by atoms with van der Waals surface area (Å²) in [7, 11) is -3.26. The highest BCUT2D eigenvalue weighted by molar-refractivity contribution is 7.92. The van der Waals surface area contributed by atoms with E-state index >= 15 is 0 Å². The molecule has 0 aromatic heterocycles. The third-order valence-electron chi connectivity index (χ3n) is 4.95. The van der Waals surface area contributed by atoms with Crippen LogP contribution in [0.4, 0.5) is 5.69 Å². The Morgan fingerprint density at radius 1 is 1.18 bits per heavy atom. The van der Waals surface area contributed by atoms with E-state index < -0.39 is 10.0 Å². The van der Waals surface area contributed by atoms with Crippen LogP contribution in [0.15, 0.2) is 48.5 Å². The zero-order valence-electron chi connectivity index (χ0n) is 16.3. The summed E-state index contributed by atoms with van der Waals surface area (Å²) in [5.41, 5.74) is 1.90. The molecule has 0 amide bonds. The van der Waals surface area contributed by atoms with Crippen molar-refractivity contribution >= 4 is 27.3 Å². The highest BCUT2D eigenvalue weighted by Gasteiger charge is 2.30. The molecule has 0 saturated heterocycles. The Morgan fingerprint density at radius 2 is 1.89 bits per heavy atom. The zero-order valence-corrected chi connectivity index (χ0v) is 17.8. The number of hydrogen-bond acceptors (Lipinski definition) is 4. The predicted molar refractivity (Wildman–Crippen MR) is 115 cm³/mol. The summed E-state index contributed by atoms with van der Waals surface area (Å²) in [5.74, 6) is 0.774. The molecule has 7 heteroatoms. The Hall–Kier alpha value is -1.76. The van der Waals surface area contributed by atoms with Gasteiger partial charge in [-0.3, -0.25) is 4.31 Å². The number of sulfonamides is 1. The first-order valence-electron chi connectivity index (χ1n) is 9.57. The van der Waals surface area contributed by atoms with Gasteiger partial charge in [0.15, 0.2) is 0 Å². The van der Waals surface area contributed by atoms with Crippen molar-refractivity contribution in [3.63, 3.8) is 0 Å². The summed E-state index contributed by atoms with van der Waals surface area (Å²) in [6, 6.07) is 15.7. The molecule has 2 aromatic rings. The quantitative estimate of drug-likeness (QED) is 0.666. The van der Waals surface area contributed by atoms with Gasteiger partial charge in [0, 0.05) is 17.6 Å². The average molecular weight is 423 g/mol. The van der Waals surface area contributed by atoms with Gasteiger partial charge in [0.25, 0.3) is 0 Å². The Morgan fingerprint density at radius 3 is 2.50 bits per heavy atom. The van der Waals surface area contributed by atoms with Crippen LogP contribution in [-0.2, 0) is 16.4 Å². The highest BCUT2D eigenvalue weighted by atomic mass is 35.5. The zero-order chi connectivity index (χ0) is 20.1. The van der Waals surface area contributed by atoms with E-state index in [1.165, 1.54) is 16.1 Å². The number of halogens is 1. The molecular formula is C21H27ClN2O3S. The standard InChI is InChI=1S/C21H27ClN2O3S/c1-3-24(28(2,25)26)19-7-9-20(10-8-19)27-21-14-18(15-21)23-12-11-16-5-4-6-17(22)13-16/h4-10,13,18,21,23H,3,11-12,14-15H2,1-2H3. The summed E-state index contributed by atoms with van der Waals surface area (Å²) in [5, 5.41) is 4.33. The second-order valence-electron chi connectivity index (χ2n) is 7.16. The van der Waals surface area contributed by atoms with E-state index in [1.807, 2.05) is 37.3 Å². The number of benzene rings is 2. The molecule has 5 nitrogen and oxygen atoms in total. The summed E-state index contributed by atoms with van der Waals surface area (Å²) >= 11 is 6.01. The molecule has 0 bridgehead atoms. The lowest BCUT2D eigenvalue weighted by molar-refractivity contribution is 0.0854. The fraction of sp³-hybridized carbons (Fsp3) is 0.429. The smallest absolute Gasteiger partial charge is 0.232 e. The van der Waals surface area contributed by atoms with Gasteiger partial charge in [0.1, 0.15) is 11.9 Å². The summed E-state index contributed by atoms with van der Waals surface area (Å²) in [6.45, 7) is 3.15. The molecule has 1 fully saturated rings. The van der Waals surface area contributed by atoms with Gasteiger partial charge < -0.3 is 10.1 Å². The van der Waals surface area contributed by atoms with E-state index in [-0.39, 0.29) is 6.10 Å². The number of hydrogen-bond donors (Lipinski definition) is 1. The third-order valence-corrected chi connectivity index (χ3v) is 6.45. The lowest BCUT2D eigenvalue weighted by Gasteiger charge is -2.36. The first kappa shape index (κ1) is 21.0. The number of nitrogens with one attached hydrogen (secondary N) is 1. The van der Waals surface area contributed by atoms with E-state index in [4.69, 9.17) is 16.3 Å². The third kappa shape index (κ3) is 5.63. The van der Waals surface area contributed by atoms with Gasteiger partial charge in [-0.05, 0) is 74.7 Å². The Labute approximate surface area is 172 Å². The van der Waals surface area contributed by atoms with E-state index in [1.54, 1.807) is 12.1 Å². The van der Waals surface area contributed by atoms with Gasteiger partial charge in [-0.15, -0.1) is 0 Å². The van der Waals surface area contributed by atoms with E-state index in [0.717, 1.165) is 36.6 Å². The molecule has 0 spiro atoms. The second-order valence-corrected chi connectivity index (χ2v) is 9.51. The van der Waals surface area contributed by atoms with Crippen LogP contribution >= 0.6 is 11.6 Å². The molecule has 1 aliphatic carbocycles. The van der Waals surface area contributed by atoms with Crippen LogP contribution in [0.25, 0.3) is 0 Å². The highest BCUT2D eigenvalue weighted by Crippen LogP contribution is 2.28. The second kappa shape index (κ2) is 9.16. The van der Waals surface area contributed by atoms with Gasteiger partial charge in [-0.1, -0.05) is 23.7 Å². The largest absolute Gasteiger partial charge is 0.490 e. The normalized spacial score (nSPS) is 19.1. The van der Waals surface area contributed by atoms with Crippen molar-refractivity contribution in [3.05, 3.63) is 59.1 Å². The molecule has 0 unspecified atom stereocenters. The van der Waals surface area contributed by atoms with Gasteiger partial charge in [0.2, 0.25) is 10.0 Å². The van der Waals surface area contributed by atoms with Crippen molar-refractivity contribution in [1.29, 1.82) is 0 Å². The minimum absolute atomic E-state index is 0.201. The minimum Gasteiger partial charge on any atom is -0.490 e. The fourth-order valence-electron chi connectivity index (χ4n) is 3.43. The van der Waals surface area contributed by atoms with Crippen molar-refractivity contribution in [2.75, 3.05) is 23.7 Å². The van der Waals surface area contributed by atoms with Gasteiger partial charge in [-0.25, -0.2) is 8.42 Å². The van der Waals surface area contributed by atoms with E-state index in [9.17, 15) is 8.42 Å². The van der Waals surface area contributed by atoms with Crippen LogP contribution in [-0.4, -0.2) is 39.9 Å². The summed E-state index contributed by atoms with van der Waals surface area (Å²) < 4.78 is 30.9.